The molecule has 1 fully saturated rings. The second kappa shape index (κ2) is 5.29. The van der Waals surface area contributed by atoms with Crippen molar-refractivity contribution in [3.05, 3.63) is 16.0 Å². The molecule has 1 saturated heterocycles. The lowest BCUT2D eigenvalue weighted by Gasteiger charge is -2.28. The molecule has 2 rings (SSSR count). The van der Waals surface area contributed by atoms with Gasteiger partial charge >= 0.3 is 0 Å². The van der Waals surface area contributed by atoms with Crippen molar-refractivity contribution in [1.29, 1.82) is 0 Å². The molecule has 6 heteroatoms. The van der Waals surface area contributed by atoms with Crippen molar-refractivity contribution in [1.82, 2.24) is 9.97 Å². The summed E-state index contributed by atoms with van der Waals surface area (Å²) in [6.45, 7) is 2.87. The zero-order valence-electron chi connectivity index (χ0n) is 8.91. The fourth-order valence-corrected chi connectivity index (χ4v) is 2.22. The molecule has 0 amide bonds. The zero-order valence-corrected chi connectivity index (χ0v) is 11.3. The van der Waals surface area contributed by atoms with Crippen molar-refractivity contribution in [3.8, 4) is 0 Å². The minimum absolute atomic E-state index is 0.294. The number of anilines is 1. The van der Waals surface area contributed by atoms with Gasteiger partial charge in [0.2, 0.25) is 0 Å². The molecule has 2 atom stereocenters. The highest BCUT2D eigenvalue weighted by Gasteiger charge is 2.20. The van der Waals surface area contributed by atoms with Gasteiger partial charge in [-0.25, -0.2) is 9.97 Å². The van der Waals surface area contributed by atoms with Crippen LogP contribution in [0, 0.1) is 0 Å². The predicted octanol–water partition coefficient (Wildman–Crippen LogP) is 2.87. The topological polar surface area (TPSA) is 47.0 Å². The molecule has 16 heavy (non-hydrogen) atoms. The minimum Gasteiger partial charge on any atom is -0.378 e. The van der Waals surface area contributed by atoms with Crippen LogP contribution in [-0.4, -0.2) is 28.7 Å². The highest BCUT2D eigenvalue weighted by Crippen LogP contribution is 2.28. The van der Waals surface area contributed by atoms with E-state index in [-0.39, 0.29) is 0 Å². The summed E-state index contributed by atoms with van der Waals surface area (Å²) in [7, 11) is 0. The van der Waals surface area contributed by atoms with Crippen LogP contribution < -0.4 is 5.32 Å². The quantitative estimate of drug-likeness (QED) is 0.854. The average Bonchev–Trinajstić information content (AvgIpc) is 2.25. The first-order chi connectivity index (χ1) is 7.66. The van der Waals surface area contributed by atoms with Crippen LogP contribution in [0.5, 0.6) is 0 Å². The number of halogens is 2. The van der Waals surface area contributed by atoms with Crippen molar-refractivity contribution >= 4 is 33.3 Å². The van der Waals surface area contributed by atoms with Gasteiger partial charge in [0.25, 0.3) is 0 Å². The monoisotopic (exact) mass is 305 g/mol. The molecule has 0 saturated carbocycles. The molecular weight excluding hydrogens is 293 g/mol. The summed E-state index contributed by atoms with van der Waals surface area (Å²) in [6.07, 6.45) is 3.72. The molecule has 0 aromatic carbocycles. The maximum atomic E-state index is 5.90. The van der Waals surface area contributed by atoms with Crippen molar-refractivity contribution in [3.63, 3.8) is 0 Å². The smallest absolute Gasteiger partial charge is 0.148 e. The molecule has 1 aromatic heterocycles. The maximum absolute atomic E-state index is 5.90. The number of nitrogens with one attached hydrogen (secondary N) is 1. The Kier molecular flexibility index (Phi) is 4.00. The molecule has 0 spiro atoms. The van der Waals surface area contributed by atoms with Gasteiger partial charge in [-0.15, -0.1) is 0 Å². The van der Waals surface area contributed by atoms with E-state index >= 15 is 0 Å². The molecular formula is C10H13BrClN3O. The van der Waals surface area contributed by atoms with E-state index in [4.69, 9.17) is 16.3 Å². The van der Waals surface area contributed by atoms with Gasteiger partial charge in [-0.2, -0.15) is 0 Å². The number of rotatable bonds is 2. The summed E-state index contributed by atoms with van der Waals surface area (Å²) in [4.78, 5) is 8.05. The second-order valence-corrected chi connectivity index (χ2v) is 5.03. The number of nitrogens with zero attached hydrogens (tertiary/aromatic N) is 2. The number of hydrogen-bond donors (Lipinski definition) is 1. The van der Waals surface area contributed by atoms with Crippen LogP contribution in [0.25, 0.3) is 0 Å². The number of hydrogen-bond acceptors (Lipinski definition) is 4. The van der Waals surface area contributed by atoms with Crippen molar-refractivity contribution in [2.24, 2.45) is 0 Å². The Hall–Kier alpha value is -0.390. The summed E-state index contributed by atoms with van der Waals surface area (Å²) in [5, 5.41) is 3.79. The van der Waals surface area contributed by atoms with Crippen molar-refractivity contribution < 1.29 is 4.74 Å². The molecule has 4 nitrogen and oxygen atoms in total. The fourth-order valence-electron chi connectivity index (χ4n) is 1.77. The largest absolute Gasteiger partial charge is 0.378 e. The molecule has 1 aliphatic heterocycles. The molecule has 0 aliphatic carbocycles. The first-order valence-electron chi connectivity index (χ1n) is 5.21. The number of aromatic nitrogens is 2. The van der Waals surface area contributed by atoms with Gasteiger partial charge in [-0.05, 0) is 35.7 Å². The van der Waals surface area contributed by atoms with Crippen LogP contribution in [-0.2, 0) is 4.74 Å². The third-order valence-electron chi connectivity index (χ3n) is 2.57. The van der Waals surface area contributed by atoms with E-state index in [1.165, 1.54) is 6.33 Å². The van der Waals surface area contributed by atoms with Gasteiger partial charge in [0.05, 0.1) is 10.6 Å². The lowest BCUT2D eigenvalue weighted by Crippen LogP contribution is -2.32. The Bertz CT molecular complexity index is 377. The Balaban J connectivity index is 2.05. The van der Waals surface area contributed by atoms with Crippen LogP contribution in [0.2, 0.25) is 5.15 Å². The van der Waals surface area contributed by atoms with Gasteiger partial charge in [-0.1, -0.05) is 11.6 Å². The first kappa shape index (κ1) is 12.1. The van der Waals surface area contributed by atoms with Crippen LogP contribution in [0.3, 0.4) is 0 Å². The minimum atomic E-state index is 0.294. The molecule has 2 unspecified atom stereocenters. The Morgan fingerprint density at radius 2 is 2.38 bits per heavy atom. The van der Waals surface area contributed by atoms with E-state index in [9.17, 15) is 0 Å². The summed E-state index contributed by atoms with van der Waals surface area (Å²) in [5.41, 5.74) is 0. The zero-order chi connectivity index (χ0) is 11.5. The molecule has 1 aliphatic rings. The van der Waals surface area contributed by atoms with E-state index in [1.54, 1.807) is 0 Å². The van der Waals surface area contributed by atoms with Crippen molar-refractivity contribution in [2.75, 3.05) is 11.9 Å². The summed E-state index contributed by atoms with van der Waals surface area (Å²) >= 11 is 9.27. The Labute approximate surface area is 108 Å². The Morgan fingerprint density at radius 1 is 1.56 bits per heavy atom. The SMILES string of the molecule is CC1CC(Nc2ncnc(Cl)c2Br)CCO1. The number of ether oxygens (including phenoxy) is 1. The first-order valence-corrected chi connectivity index (χ1v) is 6.38. The van der Waals surface area contributed by atoms with Gasteiger partial charge in [0, 0.05) is 12.6 Å². The van der Waals surface area contributed by atoms with E-state index in [2.05, 4.69) is 38.1 Å². The molecule has 0 radical (unpaired) electrons. The normalized spacial score (nSPS) is 25.4. The van der Waals surface area contributed by atoms with Gasteiger partial charge in [0.15, 0.2) is 0 Å². The highest BCUT2D eigenvalue weighted by molar-refractivity contribution is 9.10. The van der Waals surface area contributed by atoms with E-state index in [0.717, 1.165) is 29.7 Å². The van der Waals surface area contributed by atoms with E-state index in [0.29, 0.717) is 17.3 Å². The summed E-state index contributed by atoms with van der Waals surface area (Å²) < 4.78 is 6.21. The van der Waals surface area contributed by atoms with Gasteiger partial charge < -0.3 is 10.1 Å². The van der Waals surface area contributed by atoms with Crippen LogP contribution in [0.1, 0.15) is 19.8 Å². The summed E-state index contributed by atoms with van der Waals surface area (Å²) in [6, 6.07) is 0.381. The van der Waals surface area contributed by atoms with E-state index < -0.39 is 0 Å². The maximum Gasteiger partial charge on any atom is 0.148 e. The van der Waals surface area contributed by atoms with Gasteiger partial charge in [0.1, 0.15) is 17.3 Å². The average molecular weight is 307 g/mol. The lowest BCUT2D eigenvalue weighted by molar-refractivity contribution is 0.0231. The van der Waals surface area contributed by atoms with Crippen LogP contribution in [0.4, 0.5) is 5.82 Å². The second-order valence-electron chi connectivity index (χ2n) is 3.87. The fraction of sp³-hybridized carbons (Fsp3) is 0.600. The molecule has 1 N–H and O–H groups in total. The molecule has 2 heterocycles. The lowest BCUT2D eigenvalue weighted by atomic mass is 10.0. The molecule has 88 valence electrons. The van der Waals surface area contributed by atoms with Crippen molar-refractivity contribution in [2.45, 2.75) is 31.9 Å². The third kappa shape index (κ3) is 2.84. The van der Waals surface area contributed by atoms with Crippen LogP contribution >= 0.6 is 27.5 Å². The predicted molar refractivity (Wildman–Crippen MR) is 66.8 cm³/mol. The van der Waals surface area contributed by atoms with Gasteiger partial charge in [-0.3, -0.25) is 0 Å². The molecule has 1 aromatic rings. The molecule has 0 bridgehead atoms. The van der Waals surface area contributed by atoms with Crippen LogP contribution in [0.15, 0.2) is 10.8 Å². The summed E-state index contributed by atoms with van der Waals surface area (Å²) in [5.74, 6) is 0.749. The standard InChI is InChI=1S/C10H13BrClN3O/c1-6-4-7(2-3-16-6)15-10-8(11)9(12)13-5-14-10/h5-7H,2-4H2,1H3,(H,13,14,15). The third-order valence-corrected chi connectivity index (χ3v) is 3.84. The highest BCUT2D eigenvalue weighted by atomic mass is 79.9. The van der Waals surface area contributed by atoms with E-state index in [1.807, 2.05) is 0 Å². The Morgan fingerprint density at radius 3 is 3.12 bits per heavy atom.